The highest BCUT2D eigenvalue weighted by Crippen LogP contribution is 2.22. The van der Waals surface area contributed by atoms with E-state index in [-0.39, 0.29) is 23.4 Å². The van der Waals surface area contributed by atoms with E-state index in [1.54, 1.807) is 13.8 Å². The van der Waals surface area contributed by atoms with Gasteiger partial charge in [-0.05, 0) is 33.2 Å². The molecule has 0 bridgehead atoms. The quantitative estimate of drug-likeness (QED) is 0.699. The first-order valence-corrected chi connectivity index (χ1v) is 5.55. The molecule has 3 heteroatoms. The second-order valence-corrected chi connectivity index (χ2v) is 4.62. The van der Waals surface area contributed by atoms with E-state index in [9.17, 15) is 9.59 Å². The van der Waals surface area contributed by atoms with Crippen molar-refractivity contribution in [3.63, 3.8) is 0 Å². The molecule has 0 fully saturated rings. The summed E-state index contributed by atoms with van der Waals surface area (Å²) >= 11 is 0. The summed E-state index contributed by atoms with van der Waals surface area (Å²) in [5.41, 5.74) is 0. The lowest BCUT2D eigenvalue weighted by atomic mass is 9.81. The molecule has 0 radical (unpaired) electrons. The Morgan fingerprint density at radius 3 is 1.80 bits per heavy atom. The lowest BCUT2D eigenvalue weighted by molar-refractivity contribution is -0.130. The van der Waals surface area contributed by atoms with Gasteiger partial charge in [-0.3, -0.25) is 9.59 Å². The summed E-state index contributed by atoms with van der Waals surface area (Å²) in [6.45, 7) is 7.89. The molecule has 0 aliphatic rings. The molecular formula is C12H23NO2. The van der Waals surface area contributed by atoms with E-state index in [2.05, 4.69) is 19.2 Å². The predicted molar refractivity (Wildman–Crippen MR) is 61.7 cm³/mol. The first kappa shape index (κ1) is 14.3. The molecule has 0 unspecified atom stereocenters. The molecule has 0 spiro atoms. The molecule has 0 aromatic rings. The Balaban J connectivity index is 4.67. The second-order valence-electron chi connectivity index (χ2n) is 4.62. The summed E-state index contributed by atoms with van der Waals surface area (Å²) in [6.07, 6.45) is 0.793. The fourth-order valence-electron chi connectivity index (χ4n) is 1.91. The Bertz CT molecular complexity index is 224. The van der Waals surface area contributed by atoms with Crippen LogP contribution in [0.5, 0.6) is 0 Å². The molecule has 0 rings (SSSR count). The summed E-state index contributed by atoms with van der Waals surface area (Å²) < 4.78 is 0. The zero-order chi connectivity index (χ0) is 12.0. The largest absolute Gasteiger partial charge is 0.319 e. The van der Waals surface area contributed by atoms with Gasteiger partial charge in [0.1, 0.15) is 11.6 Å². The maximum Gasteiger partial charge on any atom is 0.134 e. The van der Waals surface area contributed by atoms with Crippen LogP contribution in [0, 0.1) is 17.8 Å². The fourth-order valence-corrected chi connectivity index (χ4v) is 1.91. The number of carbonyl (C=O) groups is 2. The van der Waals surface area contributed by atoms with Gasteiger partial charge in [0.15, 0.2) is 0 Å². The first-order valence-electron chi connectivity index (χ1n) is 5.55. The van der Waals surface area contributed by atoms with Crippen LogP contribution in [-0.2, 0) is 9.59 Å². The lowest BCUT2D eigenvalue weighted by Gasteiger charge is -2.24. The van der Waals surface area contributed by atoms with Gasteiger partial charge < -0.3 is 5.32 Å². The second kappa shape index (κ2) is 6.72. The number of hydrogen-bond donors (Lipinski definition) is 1. The van der Waals surface area contributed by atoms with Crippen LogP contribution in [0.25, 0.3) is 0 Å². The van der Waals surface area contributed by atoms with E-state index in [1.165, 1.54) is 0 Å². The molecule has 0 aliphatic heterocycles. The molecular weight excluding hydrogens is 190 g/mol. The molecule has 0 saturated carbocycles. The highest BCUT2D eigenvalue weighted by molar-refractivity contribution is 5.87. The lowest BCUT2D eigenvalue weighted by Crippen LogP contribution is -2.35. The number of ketones is 2. The molecule has 0 aromatic carbocycles. The van der Waals surface area contributed by atoms with Crippen LogP contribution in [0.15, 0.2) is 0 Å². The molecule has 0 aliphatic carbocycles. The predicted octanol–water partition coefficient (Wildman–Crippen LogP) is 1.66. The van der Waals surface area contributed by atoms with Gasteiger partial charge in [0.05, 0.1) is 0 Å². The minimum atomic E-state index is -0.171. The number of rotatable bonds is 7. The fraction of sp³-hybridized carbons (Fsp3) is 0.833. The Labute approximate surface area is 92.6 Å². The Hall–Kier alpha value is -0.700. The molecule has 2 atom stereocenters. The summed E-state index contributed by atoms with van der Waals surface area (Å²) in [6, 6.07) is 0. The minimum absolute atomic E-state index is 0.102. The summed E-state index contributed by atoms with van der Waals surface area (Å²) in [4.78, 5) is 23.0. The zero-order valence-electron chi connectivity index (χ0n) is 10.5. The maximum atomic E-state index is 11.5. The van der Waals surface area contributed by atoms with E-state index in [0.29, 0.717) is 12.5 Å². The number of nitrogens with one attached hydrogen (secondary N) is 1. The van der Waals surface area contributed by atoms with Crippen LogP contribution in [0.4, 0.5) is 0 Å². The monoisotopic (exact) mass is 213 g/mol. The van der Waals surface area contributed by atoms with Crippen LogP contribution in [0.2, 0.25) is 0 Å². The SMILES string of the molecule is CNC[C@H](C(C)=O)[C@@H](CC(C)C)C(C)=O. The summed E-state index contributed by atoms with van der Waals surface area (Å²) in [5.74, 6) is 0.367. The van der Waals surface area contributed by atoms with Crippen LogP contribution >= 0.6 is 0 Å². The number of hydrogen-bond acceptors (Lipinski definition) is 3. The van der Waals surface area contributed by atoms with E-state index in [0.717, 1.165) is 6.42 Å². The Kier molecular flexibility index (Phi) is 6.41. The van der Waals surface area contributed by atoms with E-state index in [1.807, 2.05) is 7.05 Å². The average molecular weight is 213 g/mol. The maximum absolute atomic E-state index is 11.5. The third kappa shape index (κ3) is 5.07. The van der Waals surface area contributed by atoms with Crippen molar-refractivity contribution in [3.05, 3.63) is 0 Å². The van der Waals surface area contributed by atoms with Crippen molar-refractivity contribution in [2.45, 2.75) is 34.1 Å². The van der Waals surface area contributed by atoms with Gasteiger partial charge in [-0.25, -0.2) is 0 Å². The Morgan fingerprint density at radius 1 is 1.07 bits per heavy atom. The van der Waals surface area contributed by atoms with E-state index >= 15 is 0 Å². The van der Waals surface area contributed by atoms with Gasteiger partial charge in [0.25, 0.3) is 0 Å². The standard InChI is InChI=1S/C12H23NO2/c1-8(2)6-11(9(3)14)12(7-13-5)10(4)15/h8,11-13H,6-7H2,1-5H3/t11-,12+/m0/s1. The van der Waals surface area contributed by atoms with Crippen molar-refractivity contribution in [1.29, 1.82) is 0 Å². The van der Waals surface area contributed by atoms with Gasteiger partial charge in [-0.1, -0.05) is 13.8 Å². The summed E-state index contributed by atoms with van der Waals surface area (Å²) in [5, 5.41) is 2.98. The molecule has 0 saturated heterocycles. The van der Waals surface area contributed by atoms with Crippen molar-refractivity contribution < 1.29 is 9.59 Å². The van der Waals surface area contributed by atoms with Crippen molar-refractivity contribution in [2.24, 2.45) is 17.8 Å². The highest BCUT2D eigenvalue weighted by atomic mass is 16.1. The van der Waals surface area contributed by atoms with Crippen LogP contribution in [0.1, 0.15) is 34.1 Å². The van der Waals surface area contributed by atoms with Crippen molar-refractivity contribution in [1.82, 2.24) is 5.32 Å². The van der Waals surface area contributed by atoms with Gasteiger partial charge in [0, 0.05) is 18.4 Å². The smallest absolute Gasteiger partial charge is 0.134 e. The minimum Gasteiger partial charge on any atom is -0.319 e. The molecule has 0 heterocycles. The molecule has 0 aromatic heterocycles. The molecule has 0 amide bonds. The summed E-state index contributed by atoms with van der Waals surface area (Å²) in [7, 11) is 1.81. The van der Waals surface area contributed by atoms with Crippen molar-refractivity contribution in [3.8, 4) is 0 Å². The van der Waals surface area contributed by atoms with Gasteiger partial charge in [-0.15, -0.1) is 0 Å². The normalized spacial score (nSPS) is 15.1. The number of carbonyl (C=O) groups excluding carboxylic acids is 2. The van der Waals surface area contributed by atoms with Gasteiger partial charge in [0.2, 0.25) is 0 Å². The van der Waals surface area contributed by atoms with E-state index in [4.69, 9.17) is 0 Å². The van der Waals surface area contributed by atoms with Gasteiger partial charge >= 0.3 is 0 Å². The van der Waals surface area contributed by atoms with Crippen LogP contribution in [-0.4, -0.2) is 25.2 Å². The molecule has 1 N–H and O–H groups in total. The van der Waals surface area contributed by atoms with Crippen LogP contribution in [0.3, 0.4) is 0 Å². The zero-order valence-corrected chi connectivity index (χ0v) is 10.5. The third-order valence-corrected chi connectivity index (χ3v) is 2.68. The van der Waals surface area contributed by atoms with Crippen molar-refractivity contribution in [2.75, 3.05) is 13.6 Å². The third-order valence-electron chi connectivity index (χ3n) is 2.68. The number of Topliss-reactive ketones (excluding diaryl/α,β-unsaturated/α-hetero) is 2. The van der Waals surface area contributed by atoms with Crippen molar-refractivity contribution >= 4 is 11.6 Å². The molecule has 15 heavy (non-hydrogen) atoms. The average Bonchev–Trinajstić information content (AvgIpc) is 2.09. The highest BCUT2D eigenvalue weighted by Gasteiger charge is 2.28. The topological polar surface area (TPSA) is 46.2 Å². The van der Waals surface area contributed by atoms with E-state index < -0.39 is 0 Å². The molecule has 88 valence electrons. The van der Waals surface area contributed by atoms with Gasteiger partial charge in [-0.2, -0.15) is 0 Å². The Morgan fingerprint density at radius 2 is 1.53 bits per heavy atom. The van der Waals surface area contributed by atoms with Crippen LogP contribution < -0.4 is 5.32 Å². The molecule has 3 nitrogen and oxygen atoms in total. The first-order chi connectivity index (χ1) is 6.90.